The zero-order valence-electron chi connectivity index (χ0n) is 17.3. The number of nitrogens with one attached hydrogen (secondary N) is 1. The van der Waals surface area contributed by atoms with E-state index >= 15 is 4.39 Å². The summed E-state index contributed by atoms with van der Waals surface area (Å²) in [4.78, 5) is 23.5. The van der Waals surface area contributed by atoms with E-state index in [-0.39, 0.29) is 19.3 Å². The largest absolute Gasteiger partial charge is 0.353 e. The molecule has 1 amide bonds. The van der Waals surface area contributed by atoms with Gasteiger partial charge >= 0.3 is 0 Å². The normalized spacial score (nSPS) is 19.1. The Labute approximate surface area is 163 Å². The monoisotopic (exact) mass is 384 g/mol. The minimum atomic E-state index is -2.13. The highest BCUT2D eigenvalue weighted by molar-refractivity contribution is 5.86. The number of Topliss-reactive ketones (excluding diaryl/α,β-unsaturated/α-hetero) is 1. The standard InChI is InChI=1S/C18H29FN4O2.C2H6.H2/c1-3-4-13-23-15-10-6-5-7-11-18(19,16(15)21-22-23)17(25)20-12-8-9-14(2)24;1-2;/h3-13H2,1-2H3,(H,20,25);1-2H3;1H. The van der Waals surface area contributed by atoms with Crippen LogP contribution in [0.3, 0.4) is 0 Å². The lowest BCUT2D eigenvalue weighted by atomic mass is 9.88. The van der Waals surface area contributed by atoms with Crippen molar-refractivity contribution in [3.05, 3.63) is 11.4 Å². The van der Waals surface area contributed by atoms with E-state index in [4.69, 9.17) is 0 Å². The topological polar surface area (TPSA) is 76.9 Å². The van der Waals surface area contributed by atoms with Crippen molar-refractivity contribution in [2.75, 3.05) is 6.54 Å². The maximum Gasteiger partial charge on any atom is 0.264 e. The summed E-state index contributed by atoms with van der Waals surface area (Å²) in [5, 5.41) is 10.8. The Hall–Kier alpha value is -1.79. The van der Waals surface area contributed by atoms with Crippen molar-refractivity contribution < 1.29 is 15.4 Å². The predicted molar refractivity (Wildman–Crippen MR) is 106 cm³/mol. The van der Waals surface area contributed by atoms with Gasteiger partial charge in [-0.3, -0.25) is 4.79 Å². The van der Waals surface area contributed by atoms with E-state index in [9.17, 15) is 9.59 Å². The first-order valence-electron chi connectivity index (χ1n) is 10.4. The molecule has 0 saturated heterocycles. The van der Waals surface area contributed by atoms with Crippen molar-refractivity contribution in [1.82, 2.24) is 20.3 Å². The van der Waals surface area contributed by atoms with Crippen molar-refractivity contribution in [2.45, 2.75) is 97.7 Å². The second-order valence-electron chi connectivity index (χ2n) is 6.88. The molecule has 7 heteroatoms. The van der Waals surface area contributed by atoms with Crippen LogP contribution in [0.2, 0.25) is 0 Å². The number of rotatable bonds is 8. The Morgan fingerprint density at radius 2 is 2.00 bits per heavy atom. The van der Waals surface area contributed by atoms with Crippen LogP contribution in [0, 0.1) is 0 Å². The molecule has 0 spiro atoms. The van der Waals surface area contributed by atoms with Gasteiger partial charge in [-0.1, -0.05) is 38.8 Å². The number of nitrogens with zero attached hydrogens (tertiary/aromatic N) is 3. The number of ketones is 1. The Morgan fingerprint density at radius 3 is 2.67 bits per heavy atom. The van der Waals surface area contributed by atoms with E-state index < -0.39 is 11.6 Å². The van der Waals surface area contributed by atoms with Crippen LogP contribution >= 0.6 is 0 Å². The van der Waals surface area contributed by atoms with E-state index in [1.807, 2.05) is 13.8 Å². The van der Waals surface area contributed by atoms with Gasteiger partial charge in [0.2, 0.25) is 5.67 Å². The number of unbranched alkanes of at least 4 members (excludes halogenated alkanes) is 1. The molecule has 0 aliphatic heterocycles. The highest BCUT2D eigenvalue weighted by Gasteiger charge is 2.45. The maximum atomic E-state index is 15.7. The van der Waals surface area contributed by atoms with Crippen LogP contribution in [0.1, 0.15) is 91.9 Å². The van der Waals surface area contributed by atoms with Crippen LogP contribution in [0.15, 0.2) is 0 Å². The predicted octanol–water partition coefficient (Wildman–Crippen LogP) is 4.12. The molecular formula is C20H37FN4O2. The number of fused-ring (bicyclic) bond motifs is 1. The second-order valence-corrected chi connectivity index (χ2v) is 6.88. The number of hydrogen-bond acceptors (Lipinski definition) is 4. The summed E-state index contributed by atoms with van der Waals surface area (Å²) >= 11 is 0. The molecule has 0 saturated carbocycles. The molecule has 2 rings (SSSR count). The Kier molecular flexibility index (Phi) is 10.2. The van der Waals surface area contributed by atoms with E-state index in [0.717, 1.165) is 31.4 Å². The van der Waals surface area contributed by atoms with Gasteiger partial charge in [-0.15, -0.1) is 5.10 Å². The molecule has 27 heavy (non-hydrogen) atoms. The molecule has 1 heterocycles. The Bertz CT molecular complexity index is 609. The quantitative estimate of drug-likeness (QED) is 0.684. The first-order valence-corrected chi connectivity index (χ1v) is 10.4. The zero-order chi connectivity index (χ0) is 20.3. The fourth-order valence-electron chi connectivity index (χ4n) is 3.23. The summed E-state index contributed by atoms with van der Waals surface area (Å²) in [6.07, 6.45) is 6.22. The third kappa shape index (κ3) is 6.40. The van der Waals surface area contributed by atoms with Gasteiger partial charge in [0, 0.05) is 20.9 Å². The van der Waals surface area contributed by atoms with Crippen molar-refractivity contribution in [1.29, 1.82) is 0 Å². The average molecular weight is 385 g/mol. The maximum absolute atomic E-state index is 15.7. The van der Waals surface area contributed by atoms with Crippen LogP contribution in [-0.2, 0) is 28.2 Å². The molecule has 1 aromatic heterocycles. The Morgan fingerprint density at radius 1 is 1.26 bits per heavy atom. The van der Waals surface area contributed by atoms with Gasteiger partial charge in [-0.2, -0.15) is 0 Å². The third-order valence-corrected chi connectivity index (χ3v) is 4.72. The molecule has 6 nitrogen and oxygen atoms in total. The molecule has 0 bridgehead atoms. The van der Waals surface area contributed by atoms with Crippen LogP contribution in [0.4, 0.5) is 4.39 Å². The summed E-state index contributed by atoms with van der Waals surface area (Å²) in [5.41, 5.74) is -1.18. The fourth-order valence-corrected chi connectivity index (χ4v) is 3.23. The molecule has 1 unspecified atom stereocenters. The smallest absolute Gasteiger partial charge is 0.264 e. The SMILES string of the molecule is CC.CCCCn1nnc2c1CCCCCC2(F)C(=O)NCCCC(C)=O.[HH]. The number of carbonyl (C=O) groups is 2. The molecule has 1 atom stereocenters. The molecule has 1 aromatic rings. The van der Waals surface area contributed by atoms with Crippen LogP contribution in [0.5, 0.6) is 0 Å². The summed E-state index contributed by atoms with van der Waals surface area (Å²) in [7, 11) is 0. The number of halogens is 1. The van der Waals surface area contributed by atoms with Gasteiger partial charge in [-0.05, 0) is 45.4 Å². The summed E-state index contributed by atoms with van der Waals surface area (Å²) in [5.74, 6) is -0.585. The molecule has 1 aliphatic rings. The molecule has 0 aromatic carbocycles. The van der Waals surface area contributed by atoms with Gasteiger partial charge < -0.3 is 10.1 Å². The first-order chi connectivity index (χ1) is 13.0. The number of aryl methyl sites for hydroxylation is 1. The fraction of sp³-hybridized carbons (Fsp3) is 0.800. The minimum absolute atomic E-state index is 0. The van der Waals surface area contributed by atoms with Crippen molar-refractivity contribution >= 4 is 11.7 Å². The lowest BCUT2D eigenvalue weighted by Crippen LogP contribution is -2.43. The molecule has 0 fully saturated rings. The molecule has 0 radical (unpaired) electrons. The Balaban J connectivity index is 0.00000235. The number of carbonyl (C=O) groups excluding carboxylic acids is 2. The molecular weight excluding hydrogens is 347 g/mol. The van der Waals surface area contributed by atoms with Crippen molar-refractivity contribution in [3.63, 3.8) is 0 Å². The van der Waals surface area contributed by atoms with Gasteiger partial charge in [0.25, 0.3) is 5.91 Å². The van der Waals surface area contributed by atoms with Crippen LogP contribution in [-0.4, -0.2) is 33.2 Å². The highest BCUT2D eigenvalue weighted by Crippen LogP contribution is 2.36. The van der Waals surface area contributed by atoms with E-state index in [1.165, 1.54) is 6.92 Å². The zero-order valence-corrected chi connectivity index (χ0v) is 17.3. The van der Waals surface area contributed by atoms with E-state index in [0.29, 0.717) is 38.8 Å². The lowest BCUT2D eigenvalue weighted by Gasteiger charge is -2.25. The van der Waals surface area contributed by atoms with E-state index in [1.54, 1.807) is 4.68 Å². The van der Waals surface area contributed by atoms with E-state index in [2.05, 4.69) is 22.6 Å². The summed E-state index contributed by atoms with van der Waals surface area (Å²) in [6, 6.07) is 0. The number of amides is 1. The highest BCUT2D eigenvalue weighted by atomic mass is 19.1. The number of hydrogen-bond donors (Lipinski definition) is 1. The number of aromatic nitrogens is 3. The first kappa shape index (κ1) is 23.2. The van der Waals surface area contributed by atoms with Crippen LogP contribution < -0.4 is 5.32 Å². The van der Waals surface area contributed by atoms with Gasteiger partial charge in [0.15, 0.2) is 0 Å². The summed E-state index contributed by atoms with van der Waals surface area (Å²) < 4.78 is 17.5. The summed E-state index contributed by atoms with van der Waals surface area (Å²) in [6.45, 7) is 8.60. The molecule has 156 valence electrons. The molecule has 1 N–H and O–H groups in total. The number of alkyl halides is 1. The van der Waals surface area contributed by atoms with Gasteiger partial charge in [0.1, 0.15) is 11.5 Å². The second kappa shape index (κ2) is 11.8. The van der Waals surface area contributed by atoms with Gasteiger partial charge in [0.05, 0.1) is 5.69 Å². The minimum Gasteiger partial charge on any atom is -0.353 e. The van der Waals surface area contributed by atoms with Gasteiger partial charge in [-0.25, -0.2) is 9.07 Å². The molecule has 1 aliphatic carbocycles. The average Bonchev–Trinajstić information content (AvgIpc) is 3.05. The van der Waals surface area contributed by atoms with Crippen LogP contribution in [0.25, 0.3) is 0 Å². The van der Waals surface area contributed by atoms with Crippen molar-refractivity contribution in [3.8, 4) is 0 Å². The van der Waals surface area contributed by atoms with Crippen molar-refractivity contribution in [2.24, 2.45) is 0 Å². The lowest BCUT2D eigenvalue weighted by molar-refractivity contribution is -0.134. The third-order valence-electron chi connectivity index (χ3n) is 4.72.